The first kappa shape index (κ1) is 28.7. The van der Waals surface area contributed by atoms with Crippen molar-refractivity contribution in [1.82, 2.24) is 14.9 Å². The van der Waals surface area contributed by atoms with E-state index < -0.39 is 0 Å². The van der Waals surface area contributed by atoms with Crippen molar-refractivity contribution in [3.8, 4) is 22.9 Å². The van der Waals surface area contributed by atoms with Crippen molar-refractivity contribution < 1.29 is 23.7 Å². The number of anilines is 2. The van der Waals surface area contributed by atoms with Crippen LogP contribution in [0.4, 0.5) is 11.5 Å². The number of aliphatic imine (C=N–C) groups is 1. The van der Waals surface area contributed by atoms with Crippen LogP contribution in [0.3, 0.4) is 0 Å². The molecule has 4 aromatic rings. The normalized spacial score (nSPS) is 14.6. The Morgan fingerprint density at radius 3 is 2.72 bits per heavy atom. The monoisotopic (exact) mass is 581 g/mol. The number of nitrogens with one attached hydrogen (secondary N) is 1. The standard InChI is InChI=1S/C33H35N5O5/c1-40-12-13-43-31-17-28-29(18-30(31)41-2)36-32(37-33(28)35-26-7-6-24-19-34-20-25(24)16-26)23-5-3-4-22(14-23)15-27(39)21-38-8-10-42-11-9-38/h3-7,14,16-18,20H,8-13,15,19,21H2,1-2H3,(H,35,36,37). The van der Waals surface area contributed by atoms with Gasteiger partial charge >= 0.3 is 0 Å². The van der Waals surface area contributed by atoms with E-state index >= 15 is 0 Å². The Labute approximate surface area is 250 Å². The average molecular weight is 582 g/mol. The van der Waals surface area contributed by atoms with Gasteiger partial charge in [0.2, 0.25) is 0 Å². The molecule has 0 saturated carbocycles. The van der Waals surface area contributed by atoms with Crippen molar-refractivity contribution in [1.29, 1.82) is 0 Å². The van der Waals surface area contributed by atoms with Crippen molar-refractivity contribution >= 4 is 34.4 Å². The number of morpholine rings is 1. The summed E-state index contributed by atoms with van der Waals surface area (Å²) in [5.74, 6) is 2.48. The number of Topliss-reactive ketones (excluding diaryl/α,β-unsaturated/α-hetero) is 1. The highest BCUT2D eigenvalue weighted by molar-refractivity contribution is 5.95. The fourth-order valence-corrected chi connectivity index (χ4v) is 5.30. The second kappa shape index (κ2) is 13.3. The van der Waals surface area contributed by atoms with Crippen LogP contribution in [0.5, 0.6) is 11.5 Å². The van der Waals surface area contributed by atoms with E-state index in [1.165, 1.54) is 5.56 Å². The first-order valence-corrected chi connectivity index (χ1v) is 14.4. The maximum atomic E-state index is 12.9. The van der Waals surface area contributed by atoms with Gasteiger partial charge in [-0.05, 0) is 41.0 Å². The minimum Gasteiger partial charge on any atom is -0.493 e. The molecule has 0 spiro atoms. The fraction of sp³-hybridized carbons (Fsp3) is 0.333. The molecule has 6 rings (SSSR count). The molecule has 1 fully saturated rings. The van der Waals surface area contributed by atoms with Crippen LogP contribution < -0.4 is 14.8 Å². The molecule has 1 N–H and O–H groups in total. The SMILES string of the molecule is COCCOc1cc2c(Nc3ccc4c(c3)C=NC4)nc(-c3cccc(CC(=O)CN4CCOCC4)c3)nc2cc1OC. The average Bonchev–Trinajstić information content (AvgIpc) is 3.49. The summed E-state index contributed by atoms with van der Waals surface area (Å²) in [5.41, 5.74) is 5.60. The van der Waals surface area contributed by atoms with E-state index in [1.54, 1.807) is 14.2 Å². The van der Waals surface area contributed by atoms with Gasteiger partial charge in [-0.15, -0.1) is 0 Å². The van der Waals surface area contributed by atoms with Gasteiger partial charge in [0.1, 0.15) is 12.4 Å². The maximum Gasteiger partial charge on any atom is 0.162 e. The predicted octanol–water partition coefficient (Wildman–Crippen LogP) is 4.45. The molecule has 10 nitrogen and oxygen atoms in total. The van der Waals surface area contributed by atoms with E-state index in [0.29, 0.717) is 74.6 Å². The van der Waals surface area contributed by atoms with Crippen LogP contribution in [0.25, 0.3) is 22.3 Å². The molecule has 3 aromatic carbocycles. The Hall–Kier alpha value is -4.38. The third kappa shape index (κ3) is 6.83. The molecule has 10 heteroatoms. The second-order valence-electron chi connectivity index (χ2n) is 10.6. The van der Waals surface area contributed by atoms with Crippen LogP contribution in [0.2, 0.25) is 0 Å². The van der Waals surface area contributed by atoms with Crippen LogP contribution >= 0.6 is 0 Å². The third-order valence-corrected chi connectivity index (χ3v) is 7.52. The smallest absolute Gasteiger partial charge is 0.162 e. The molecular weight excluding hydrogens is 546 g/mol. The molecular formula is C33H35N5O5. The molecule has 3 heterocycles. The van der Waals surface area contributed by atoms with Crippen LogP contribution in [0, 0.1) is 0 Å². The maximum absolute atomic E-state index is 12.9. The molecule has 0 radical (unpaired) electrons. The Morgan fingerprint density at radius 1 is 1.00 bits per heavy atom. The topological polar surface area (TPSA) is 107 Å². The van der Waals surface area contributed by atoms with E-state index in [9.17, 15) is 4.79 Å². The number of ketones is 1. The zero-order chi connectivity index (χ0) is 29.6. The molecule has 43 heavy (non-hydrogen) atoms. The summed E-state index contributed by atoms with van der Waals surface area (Å²) in [4.78, 5) is 29.3. The second-order valence-corrected chi connectivity index (χ2v) is 10.6. The molecule has 0 atom stereocenters. The molecule has 0 unspecified atom stereocenters. The van der Waals surface area contributed by atoms with Gasteiger partial charge in [-0.3, -0.25) is 14.7 Å². The van der Waals surface area contributed by atoms with Crippen molar-refractivity contribution in [2.75, 3.05) is 65.6 Å². The molecule has 2 aliphatic rings. The Morgan fingerprint density at radius 2 is 1.88 bits per heavy atom. The summed E-state index contributed by atoms with van der Waals surface area (Å²) in [6.45, 7) is 4.85. The largest absolute Gasteiger partial charge is 0.493 e. The number of rotatable bonds is 12. The summed E-state index contributed by atoms with van der Waals surface area (Å²) >= 11 is 0. The molecule has 0 bridgehead atoms. The van der Waals surface area contributed by atoms with Gasteiger partial charge in [-0.2, -0.15) is 0 Å². The lowest BCUT2D eigenvalue weighted by Gasteiger charge is -2.25. The molecule has 222 valence electrons. The van der Waals surface area contributed by atoms with Crippen molar-refractivity contribution in [3.05, 3.63) is 71.3 Å². The molecule has 1 aromatic heterocycles. The summed E-state index contributed by atoms with van der Waals surface area (Å²) < 4.78 is 22.2. The number of aromatic nitrogens is 2. The van der Waals surface area contributed by atoms with Crippen LogP contribution in [0.15, 0.2) is 59.6 Å². The summed E-state index contributed by atoms with van der Waals surface area (Å²) in [5, 5.41) is 4.29. The number of benzene rings is 3. The zero-order valence-electron chi connectivity index (χ0n) is 24.5. The number of ether oxygens (including phenoxy) is 4. The Kier molecular flexibility index (Phi) is 8.88. The lowest BCUT2D eigenvalue weighted by Crippen LogP contribution is -2.39. The first-order chi connectivity index (χ1) is 21.1. The van der Waals surface area contributed by atoms with Crippen molar-refractivity contribution in [3.63, 3.8) is 0 Å². The predicted molar refractivity (Wildman–Crippen MR) is 166 cm³/mol. The lowest BCUT2D eigenvalue weighted by molar-refractivity contribution is -0.120. The van der Waals surface area contributed by atoms with Crippen LogP contribution in [0.1, 0.15) is 16.7 Å². The minimum absolute atomic E-state index is 0.173. The summed E-state index contributed by atoms with van der Waals surface area (Å²) in [7, 11) is 3.24. The van der Waals surface area contributed by atoms with Gasteiger partial charge in [-0.1, -0.05) is 24.3 Å². The molecule has 1 saturated heterocycles. The number of carbonyl (C=O) groups is 1. The first-order valence-electron chi connectivity index (χ1n) is 14.4. The summed E-state index contributed by atoms with van der Waals surface area (Å²) in [6, 6.07) is 17.8. The van der Waals surface area contributed by atoms with E-state index in [-0.39, 0.29) is 5.78 Å². The van der Waals surface area contributed by atoms with Crippen molar-refractivity contribution in [2.24, 2.45) is 4.99 Å². The molecule has 2 aliphatic heterocycles. The van der Waals surface area contributed by atoms with Crippen LogP contribution in [-0.2, 0) is 27.2 Å². The van der Waals surface area contributed by atoms with Gasteiger partial charge in [0.15, 0.2) is 23.1 Å². The van der Waals surface area contributed by atoms with Gasteiger partial charge in [0.25, 0.3) is 0 Å². The molecule has 0 amide bonds. The van der Waals surface area contributed by atoms with E-state index in [4.69, 9.17) is 28.9 Å². The lowest BCUT2D eigenvalue weighted by atomic mass is 10.0. The van der Waals surface area contributed by atoms with Gasteiger partial charge in [-0.25, -0.2) is 9.97 Å². The van der Waals surface area contributed by atoms with Gasteiger partial charge in [0, 0.05) is 55.5 Å². The van der Waals surface area contributed by atoms with Crippen molar-refractivity contribution in [2.45, 2.75) is 13.0 Å². The Bertz CT molecular complexity index is 1650. The highest BCUT2D eigenvalue weighted by Crippen LogP contribution is 2.37. The van der Waals surface area contributed by atoms with E-state index in [1.807, 2.05) is 48.7 Å². The van der Waals surface area contributed by atoms with Gasteiger partial charge in [0.05, 0.1) is 45.5 Å². The zero-order valence-corrected chi connectivity index (χ0v) is 24.5. The van der Waals surface area contributed by atoms with Crippen LogP contribution in [-0.4, -0.2) is 87.1 Å². The highest BCUT2D eigenvalue weighted by Gasteiger charge is 2.18. The van der Waals surface area contributed by atoms with E-state index in [0.717, 1.165) is 40.9 Å². The number of methoxy groups -OCH3 is 2. The fourth-order valence-electron chi connectivity index (χ4n) is 5.30. The quantitative estimate of drug-likeness (QED) is 0.243. The number of hydrogen-bond donors (Lipinski definition) is 1. The minimum atomic E-state index is 0.173. The number of carbonyl (C=O) groups excluding carboxylic acids is 1. The Balaban J connectivity index is 1.35. The molecule has 0 aliphatic carbocycles. The third-order valence-electron chi connectivity index (χ3n) is 7.52. The summed E-state index contributed by atoms with van der Waals surface area (Å²) in [6.07, 6.45) is 2.24. The number of nitrogens with zero attached hydrogens (tertiary/aromatic N) is 4. The number of fused-ring (bicyclic) bond motifs is 2. The van der Waals surface area contributed by atoms with Gasteiger partial charge < -0.3 is 24.3 Å². The number of hydrogen-bond acceptors (Lipinski definition) is 10. The highest BCUT2D eigenvalue weighted by atomic mass is 16.5. The van der Waals surface area contributed by atoms with E-state index in [2.05, 4.69) is 27.3 Å².